The molecule has 5 heteroatoms. The molecule has 3 rings (SSSR count). The van der Waals surface area contributed by atoms with Crippen molar-refractivity contribution in [2.75, 3.05) is 7.05 Å². The van der Waals surface area contributed by atoms with Gasteiger partial charge >= 0.3 is 0 Å². The van der Waals surface area contributed by atoms with Gasteiger partial charge in [0.15, 0.2) is 5.82 Å². The second kappa shape index (κ2) is 7.25. The first kappa shape index (κ1) is 17.0. The molecule has 22 heavy (non-hydrogen) atoms. The van der Waals surface area contributed by atoms with E-state index in [1.807, 2.05) is 7.05 Å². The third kappa shape index (κ3) is 3.18. The van der Waals surface area contributed by atoms with Gasteiger partial charge in [-0.25, -0.2) is 0 Å². The second-order valence-corrected chi connectivity index (χ2v) is 6.06. The number of nitrogens with zero attached hydrogens (tertiary/aromatic N) is 2. The number of nitrogens with one attached hydrogen (secondary N) is 1. The molecular weight excluding hydrogens is 298 g/mol. The van der Waals surface area contributed by atoms with Crippen LogP contribution in [0.25, 0.3) is 0 Å². The lowest BCUT2D eigenvalue weighted by molar-refractivity contribution is 0.308. The van der Waals surface area contributed by atoms with Crippen LogP contribution in [0, 0.1) is 0 Å². The van der Waals surface area contributed by atoms with Gasteiger partial charge < -0.3 is 9.84 Å². The molecular formula is C17H24ClN3O. The third-order valence-corrected chi connectivity index (χ3v) is 4.64. The molecule has 1 heterocycles. The third-order valence-electron chi connectivity index (χ3n) is 4.64. The Labute approximate surface area is 138 Å². The minimum Gasteiger partial charge on any atom is -0.338 e. The van der Waals surface area contributed by atoms with Crippen molar-refractivity contribution in [3.05, 3.63) is 47.6 Å². The molecule has 1 atom stereocenters. The number of hydrogen-bond acceptors (Lipinski definition) is 4. The van der Waals surface area contributed by atoms with E-state index in [0.29, 0.717) is 6.04 Å². The van der Waals surface area contributed by atoms with Crippen LogP contribution in [0.5, 0.6) is 0 Å². The number of likely N-dealkylation sites (N-methyl/N-ethyl adjacent to an activating group) is 1. The molecule has 1 fully saturated rings. The highest BCUT2D eigenvalue weighted by Crippen LogP contribution is 2.45. The normalized spacial score (nSPS) is 17.9. The minimum atomic E-state index is -0.0740. The first-order valence-corrected chi connectivity index (χ1v) is 7.80. The molecule has 1 N–H and O–H groups in total. The van der Waals surface area contributed by atoms with Crippen molar-refractivity contribution in [2.45, 2.75) is 50.5 Å². The fourth-order valence-electron chi connectivity index (χ4n) is 3.27. The van der Waals surface area contributed by atoms with Crippen LogP contribution < -0.4 is 5.32 Å². The lowest BCUT2D eigenvalue weighted by atomic mass is 9.79. The van der Waals surface area contributed by atoms with E-state index in [2.05, 4.69) is 47.7 Å². The van der Waals surface area contributed by atoms with E-state index in [1.54, 1.807) is 0 Å². The molecule has 0 saturated heterocycles. The SMILES string of the molecule is CNC(C)Cc1noc(C2(c3ccccc3)CCCC2)n1.Cl. The van der Waals surface area contributed by atoms with Gasteiger partial charge in [-0.15, -0.1) is 12.4 Å². The molecule has 0 amide bonds. The fourth-order valence-corrected chi connectivity index (χ4v) is 3.27. The zero-order chi connectivity index (χ0) is 14.7. The summed E-state index contributed by atoms with van der Waals surface area (Å²) >= 11 is 0. The molecule has 1 aromatic carbocycles. The Bertz CT molecular complexity index is 579. The Balaban J connectivity index is 0.00000176. The van der Waals surface area contributed by atoms with Crippen molar-refractivity contribution >= 4 is 12.4 Å². The second-order valence-electron chi connectivity index (χ2n) is 6.06. The highest BCUT2D eigenvalue weighted by atomic mass is 35.5. The minimum absolute atomic E-state index is 0. The molecule has 0 aliphatic heterocycles. The standard InChI is InChI=1S/C17H23N3O.ClH/c1-13(18-2)12-15-19-16(21-20-15)17(10-6-7-11-17)14-8-4-3-5-9-14;/h3-5,8-9,13,18H,6-7,10-12H2,1-2H3;1H. The molecule has 1 saturated carbocycles. The highest BCUT2D eigenvalue weighted by molar-refractivity contribution is 5.85. The first-order valence-electron chi connectivity index (χ1n) is 7.80. The molecule has 0 spiro atoms. The van der Waals surface area contributed by atoms with Gasteiger partial charge in [-0.2, -0.15) is 4.98 Å². The van der Waals surface area contributed by atoms with E-state index in [-0.39, 0.29) is 17.8 Å². The molecule has 2 aromatic rings. The van der Waals surface area contributed by atoms with Gasteiger partial charge in [0.2, 0.25) is 5.89 Å². The maximum atomic E-state index is 5.66. The van der Waals surface area contributed by atoms with Crippen LogP contribution in [0.1, 0.15) is 49.9 Å². The molecule has 4 nitrogen and oxygen atoms in total. The van der Waals surface area contributed by atoms with E-state index in [9.17, 15) is 0 Å². The van der Waals surface area contributed by atoms with Crippen molar-refractivity contribution in [2.24, 2.45) is 0 Å². The van der Waals surface area contributed by atoms with Gasteiger partial charge in [0.05, 0.1) is 5.41 Å². The van der Waals surface area contributed by atoms with Gasteiger partial charge in [-0.1, -0.05) is 48.3 Å². The molecule has 120 valence electrons. The Kier molecular flexibility index (Phi) is 5.59. The van der Waals surface area contributed by atoms with Crippen LogP contribution in [-0.4, -0.2) is 23.2 Å². The number of hydrogen-bond donors (Lipinski definition) is 1. The van der Waals surface area contributed by atoms with Gasteiger partial charge in [-0.05, 0) is 32.4 Å². The number of halogens is 1. The van der Waals surface area contributed by atoms with Gasteiger partial charge in [0, 0.05) is 12.5 Å². The van der Waals surface area contributed by atoms with Gasteiger partial charge in [0.1, 0.15) is 0 Å². The molecule has 0 bridgehead atoms. The van der Waals surface area contributed by atoms with E-state index >= 15 is 0 Å². The van der Waals surface area contributed by atoms with Crippen molar-refractivity contribution in [3.8, 4) is 0 Å². The van der Waals surface area contributed by atoms with Crippen molar-refractivity contribution in [1.29, 1.82) is 0 Å². The molecule has 0 radical (unpaired) electrons. The summed E-state index contributed by atoms with van der Waals surface area (Å²) in [7, 11) is 1.95. The van der Waals surface area contributed by atoms with Crippen LogP contribution in [0.3, 0.4) is 0 Å². The van der Waals surface area contributed by atoms with Crippen LogP contribution in [0.2, 0.25) is 0 Å². The quantitative estimate of drug-likeness (QED) is 0.915. The molecule has 1 unspecified atom stereocenters. The summed E-state index contributed by atoms with van der Waals surface area (Å²) in [5.41, 5.74) is 1.23. The van der Waals surface area contributed by atoms with Crippen LogP contribution in [0.15, 0.2) is 34.9 Å². The maximum Gasteiger partial charge on any atom is 0.237 e. The van der Waals surface area contributed by atoms with E-state index in [0.717, 1.165) is 31.0 Å². The average molecular weight is 322 g/mol. The Morgan fingerprint density at radius 1 is 1.23 bits per heavy atom. The van der Waals surface area contributed by atoms with Gasteiger partial charge in [0.25, 0.3) is 0 Å². The summed E-state index contributed by atoms with van der Waals surface area (Å²) in [6, 6.07) is 11.0. The van der Waals surface area contributed by atoms with Gasteiger partial charge in [-0.3, -0.25) is 0 Å². The van der Waals surface area contributed by atoms with Crippen molar-refractivity contribution in [3.63, 3.8) is 0 Å². The summed E-state index contributed by atoms with van der Waals surface area (Å²) in [6.07, 6.45) is 5.43. The van der Waals surface area contributed by atoms with E-state index in [1.165, 1.54) is 18.4 Å². The highest BCUT2D eigenvalue weighted by Gasteiger charge is 2.42. The van der Waals surface area contributed by atoms with E-state index < -0.39 is 0 Å². The lowest BCUT2D eigenvalue weighted by Crippen LogP contribution is -2.25. The van der Waals surface area contributed by atoms with Crippen LogP contribution in [0.4, 0.5) is 0 Å². The summed E-state index contributed by atoms with van der Waals surface area (Å²) in [5.74, 6) is 1.60. The zero-order valence-corrected chi connectivity index (χ0v) is 14.0. The topological polar surface area (TPSA) is 51.0 Å². The monoisotopic (exact) mass is 321 g/mol. The largest absolute Gasteiger partial charge is 0.338 e. The maximum absolute atomic E-state index is 5.66. The molecule has 1 aliphatic rings. The van der Waals surface area contributed by atoms with Crippen LogP contribution in [-0.2, 0) is 11.8 Å². The Morgan fingerprint density at radius 3 is 2.55 bits per heavy atom. The summed E-state index contributed by atoms with van der Waals surface area (Å²) in [4.78, 5) is 4.71. The zero-order valence-electron chi connectivity index (χ0n) is 13.2. The Hall–Kier alpha value is -1.39. The van der Waals surface area contributed by atoms with Crippen molar-refractivity contribution < 1.29 is 4.52 Å². The van der Waals surface area contributed by atoms with E-state index in [4.69, 9.17) is 9.51 Å². The summed E-state index contributed by atoms with van der Waals surface area (Å²) < 4.78 is 5.66. The predicted molar refractivity (Wildman–Crippen MR) is 89.5 cm³/mol. The van der Waals surface area contributed by atoms with Crippen molar-refractivity contribution in [1.82, 2.24) is 15.5 Å². The summed E-state index contributed by atoms with van der Waals surface area (Å²) in [6.45, 7) is 2.12. The Morgan fingerprint density at radius 2 is 1.91 bits per heavy atom. The first-order chi connectivity index (χ1) is 10.2. The number of rotatable bonds is 5. The molecule has 1 aliphatic carbocycles. The average Bonchev–Trinajstić information content (AvgIpc) is 3.17. The summed E-state index contributed by atoms with van der Waals surface area (Å²) in [5, 5.41) is 7.40. The van der Waals surface area contributed by atoms with Crippen LogP contribution >= 0.6 is 12.4 Å². The molecule has 1 aromatic heterocycles. The fraction of sp³-hybridized carbons (Fsp3) is 0.529. The number of benzene rings is 1. The number of aromatic nitrogens is 2. The predicted octanol–water partition coefficient (Wildman–Crippen LogP) is 3.50. The smallest absolute Gasteiger partial charge is 0.237 e. The lowest BCUT2D eigenvalue weighted by Gasteiger charge is -2.25.